The number of alkyl halides is 2. The summed E-state index contributed by atoms with van der Waals surface area (Å²) in [6.45, 7) is 3.19. The van der Waals surface area contributed by atoms with E-state index in [9.17, 15) is 8.78 Å². The molecule has 4 rings (SSSR count). The summed E-state index contributed by atoms with van der Waals surface area (Å²) >= 11 is 0.592. The van der Waals surface area contributed by atoms with Crippen molar-refractivity contribution in [3.05, 3.63) is 66.1 Å². The standard InChI is InChI=1S/C23H25F2N2S.BrH/c1-2-17-7-11-19(12-8-17)27-21(16-26-15-5-3-4-6-22(26)27)18-9-13-20(14-10-18)28-23(24)25;/h7-14,16,23H,2-6,15H2,1H3;1H/q+1;. The summed E-state index contributed by atoms with van der Waals surface area (Å²) in [6, 6.07) is 16.3. The van der Waals surface area contributed by atoms with Crippen LogP contribution in [-0.4, -0.2) is 10.3 Å². The van der Waals surface area contributed by atoms with Crippen LogP contribution < -0.4 is 4.57 Å². The fourth-order valence-electron chi connectivity index (χ4n) is 3.92. The zero-order valence-corrected chi connectivity index (χ0v) is 19.0. The normalized spacial score (nSPS) is 13.7. The van der Waals surface area contributed by atoms with E-state index < -0.39 is 5.76 Å². The molecule has 0 amide bonds. The van der Waals surface area contributed by atoms with E-state index in [0.717, 1.165) is 36.3 Å². The van der Waals surface area contributed by atoms with E-state index in [1.807, 2.05) is 12.1 Å². The largest absolute Gasteiger partial charge is 0.288 e. The zero-order valence-electron chi connectivity index (χ0n) is 16.5. The highest BCUT2D eigenvalue weighted by Gasteiger charge is 2.27. The molecule has 2 nitrogen and oxygen atoms in total. The number of imidazole rings is 1. The van der Waals surface area contributed by atoms with E-state index in [-0.39, 0.29) is 17.0 Å². The Kier molecular flexibility index (Phi) is 7.52. The minimum atomic E-state index is -2.39. The maximum absolute atomic E-state index is 12.6. The molecule has 2 heterocycles. The minimum Gasteiger partial charge on any atom is -0.233 e. The number of fused-ring (bicyclic) bond motifs is 1. The Labute approximate surface area is 185 Å². The minimum absolute atomic E-state index is 0. The van der Waals surface area contributed by atoms with Crippen LogP contribution in [0.4, 0.5) is 8.78 Å². The molecule has 2 aromatic carbocycles. The van der Waals surface area contributed by atoms with Crippen LogP contribution >= 0.6 is 28.7 Å². The summed E-state index contributed by atoms with van der Waals surface area (Å²) in [5.41, 5.74) is 4.66. The molecule has 1 aliphatic rings. The molecule has 1 aromatic heterocycles. The van der Waals surface area contributed by atoms with E-state index in [1.165, 1.54) is 30.7 Å². The Bertz CT molecular complexity index is 937. The Balaban J connectivity index is 0.00000240. The summed E-state index contributed by atoms with van der Waals surface area (Å²) in [5, 5.41) is 0. The molecule has 29 heavy (non-hydrogen) atoms. The Morgan fingerprint density at radius 2 is 1.72 bits per heavy atom. The maximum Gasteiger partial charge on any atom is 0.288 e. The van der Waals surface area contributed by atoms with Crippen molar-refractivity contribution in [2.45, 2.75) is 56.2 Å². The molecule has 1 aliphatic heterocycles. The van der Waals surface area contributed by atoms with Gasteiger partial charge >= 0.3 is 0 Å². The molecule has 0 saturated carbocycles. The van der Waals surface area contributed by atoms with Gasteiger partial charge in [-0.15, -0.1) is 17.0 Å². The lowest BCUT2D eigenvalue weighted by atomic mass is 10.1. The average Bonchev–Trinajstić information content (AvgIpc) is 2.90. The first-order valence-corrected chi connectivity index (χ1v) is 10.8. The van der Waals surface area contributed by atoms with Crippen molar-refractivity contribution in [2.24, 2.45) is 0 Å². The molecule has 154 valence electrons. The van der Waals surface area contributed by atoms with Crippen LogP contribution in [0.2, 0.25) is 0 Å². The van der Waals surface area contributed by atoms with Gasteiger partial charge in [-0.25, -0.2) is 4.57 Å². The van der Waals surface area contributed by atoms with E-state index in [1.54, 1.807) is 12.1 Å². The van der Waals surface area contributed by atoms with Crippen molar-refractivity contribution >= 4 is 28.7 Å². The highest BCUT2D eigenvalue weighted by atomic mass is 79.9. The molecule has 0 spiro atoms. The van der Waals surface area contributed by atoms with Gasteiger partial charge in [0, 0.05) is 16.9 Å². The van der Waals surface area contributed by atoms with Crippen LogP contribution in [-0.2, 0) is 19.4 Å². The highest BCUT2D eigenvalue weighted by Crippen LogP contribution is 2.30. The van der Waals surface area contributed by atoms with E-state index in [2.05, 4.69) is 46.5 Å². The lowest BCUT2D eigenvalue weighted by molar-refractivity contribution is -0.702. The smallest absolute Gasteiger partial charge is 0.233 e. The van der Waals surface area contributed by atoms with Gasteiger partial charge in [-0.3, -0.25) is 0 Å². The molecule has 0 fully saturated rings. The third kappa shape index (κ3) is 4.92. The lowest BCUT2D eigenvalue weighted by Crippen LogP contribution is -2.35. The van der Waals surface area contributed by atoms with Crippen molar-refractivity contribution in [2.75, 3.05) is 0 Å². The summed E-state index contributed by atoms with van der Waals surface area (Å²) < 4.78 is 30.0. The van der Waals surface area contributed by atoms with Crippen LogP contribution in [0.1, 0.15) is 37.6 Å². The number of thioether (sulfide) groups is 1. The van der Waals surface area contributed by atoms with Gasteiger partial charge in [0.15, 0.2) is 5.69 Å². The van der Waals surface area contributed by atoms with Crippen molar-refractivity contribution in [1.29, 1.82) is 0 Å². The van der Waals surface area contributed by atoms with Gasteiger partial charge in [0.05, 0.1) is 6.54 Å². The van der Waals surface area contributed by atoms with Crippen molar-refractivity contribution in [3.63, 3.8) is 0 Å². The Morgan fingerprint density at radius 1 is 1.00 bits per heavy atom. The van der Waals surface area contributed by atoms with Gasteiger partial charge in [-0.1, -0.05) is 30.8 Å². The fourth-order valence-corrected chi connectivity index (χ4v) is 4.42. The lowest BCUT2D eigenvalue weighted by Gasteiger charge is -2.07. The number of nitrogens with zero attached hydrogens (tertiary/aromatic N) is 2. The molecule has 0 bridgehead atoms. The number of halogens is 3. The van der Waals surface area contributed by atoms with Crippen LogP contribution in [0.3, 0.4) is 0 Å². The van der Waals surface area contributed by atoms with Crippen LogP contribution in [0, 0.1) is 0 Å². The molecule has 3 aromatic rings. The number of aryl methyl sites for hydroxylation is 2. The topological polar surface area (TPSA) is 8.81 Å². The number of benzene rings is 2. The first kappa shape index (κ1) is 22.0. The summed E-state index contributed by atoms with van der Waals surface area (Å²) in [4.78, 5) is 0.596. The van der Waals surface area contributed by atoms with Crippen molar-refractivity contribution in [1.82, 2.24) is 4.57 Å². The van der Waals surface area contributed by atoms with Crippen LogP contribution in [0.5, 0.6) is 0 Å². The Hall–Kier alpha value is -1.66. The highest BCUT2D eigenvalue weighted by molar-refractivity contribution is 8.93. The quantitative estimate of drug-likeness (QED) is 0.295. The van der Waals surface area contributed by atoms with Gasteiger partial charge in [0.25, 0.3) is 11.6 Å². The first-order chi connectivity index (χ1) is 13.7. The molecular weight excluding hydrogens is 454 g/mol. The third-order valence-corrected chi connectivity index (χ3v) is 6.11. The van der Waals surface area contributed by atoms with Gasteiger partial charge in [0.1, 0.15) is 11.9 Å². The second kappa shape index (κ2) is 9.90. The van der Waals surface area contributed by atoms with Crippen molar-refractivity contribution < 1.29 is 13.3 Å². The first-order valence-electron chi connectivity index (χ1n) is 9.94. The monoisotopic (exact) mass is 479 g/mol. The fraction of sp³-hybridized carbons (Fsp3) is 0.348. The van der Waals surface area contributed by atoms with E-state index >= 15 is 0 Å². The summed E-state index contributed by atoms with van der Waals surface area (Å²) in [6.07, 6.45) is 7.94. The molecule has 0 radical (unpaired) electrons. The number of hydrogen-bond donors (Lipinski definition) is 0. The van der Waals surface area contributed by atoms with Gasteiger partial charge in [-0.2, -0.15) is 13.3 Å². The molecule has 0 aliphatic carbocycles. The summed E-state index contributed by atoms with van der Waals surface area (Å²) in [5.74, 6) is -1.07. The van der Waals surface area contributed by atoms with E-state index in [4.69, 9.17) is 0 Å². The van der Waals surface area contributed by atoms with Gasteiger partial charge in [-0.05, 0) is 67.6 Å². The molecule has 0 saturated heterocycles. The predicted octanol–water partition coefficient (Wildman–Crippen LogP) is 6.61. The maximum atomic E-state index is 12.6. The molecule has 0 atom stereocenters. The zero-order chi connectivity index (χ0) is 19.5. The molecule has 0 N–H and O–H groups in total. The molecular formula is C23H26BrF2N2S+. The van der Waals surface area contributed by atoms with Crippen LogP contribution in [0.25, 0.3) is 16.9 Å². The number of rotatable bonds is 5. The van der Waals surface area contributed by atoms with Crippen LogP contribution in [0.15, 0.2) is 59.6 Å². The van der Waals surface area contributed by atoms with Gasteiger partial charge in [0.2, 0.25) is 0 Å². The number of aromatic nitrogens is 2. The summed E-state index contributed by atoms with van der Waals surface area (Å²) in [7, 11) is 0. The number of hydrogen-bond acceptors (Lipinski definition) is 1. The average molecular weight is 480 g/mol. The predicted molar refractivity (Wildman–Crippen MR) is 121 cm³/mol. The van der Waals surface area contributed by atoms with E-state index in [0.29, 0.717) is 16.7 Å². The second-order valence-electron chi connectivity index (χ2n) is 7.19. The Morgan fingerprint density at radius 3 is 2.38 bits per heavy atom. The molecule has 0 unspecified atom stereocenters. The second-order valence-corrected chi connectivity index (χ2v) is 8.26. The van der Waals surface area contributed by atoms with Gasteiger partial charge < -0.3 is 0 Å². The third-order valence-electron chi connectivity index (χ3n) is 5.39. The molecule has 6 heteroatoms. The van der Waals surface area contributed by atoms with Crippen molar-refractivity contribution in [3.8, 4) is 16.9 Å². The SMILES string of the molecule is Br.CCc1ccc(-n2c(-c3ccc(SC(F)F)cc3)c[n+]3c2CCCCC3)cc1.